The third-order valence-electron chi connectivity index (χ3n) is 4.26. The van der Waals surface area contributed by atoms with Gasteiger partial charge in [-0.2, -0.15) is 0 Å². The van der Waals surface area contributed by atoms with Gasteiger partial charge in [0, 0.05) is 12.1 Å². The van der Waals surface area contributed by atoms with E-state index in [4.69, 9.17) is 15.9 Å². The Morgan fingerprint density at radius 3 is 3.00 bits per heavy atom. The Morgan fingerprint density at radius 2 is 2.30 bits per heavy atom. The molecular formula is C19H22N6O2. The van der Waals surface area contributed by atoms with E-state index >= 15 is 0 Å². The number of nitrogens with one attached hydrogen (secondary N) is 2. The van der Waals surface area contributed by atoms with E-state index in [2.05, 4.69) is 15.3 Å². The summed E-state index contributed by atoms with van der Waals surface area (Å²) in [5.74, 6) is 1.17. The molecule has 2 heterocycles. The van der Waals surface area contributed by atoms with Crippen molar-refractivity contribution in [3.8, 4) is 5.75 Å². The average molecular weight is 366 g/mol. The molecule has 0 fully saturated rings. The number of fused-ring (bicyclic) bond motifs is 1. The van der Waals surface area contributed by atoms with Crippen LogP contribution >= 0.6 is 0 Å². The van der Waals surface area contributed by atoms with E-state index in [0.717, 1.165) is 17.5 Å². The van der Waals surface area contributed by atoms with Gasteiger partial charge in [0.1, 0.15) is 23.6 Å². The molecule has 1 amide bonds. The number of anilines is 1. The van der Waals surface area contributed by atoms with Crippen LogP contribution in [0.5, 0.6) is 5.75 Å². The van der Waals surface area contributed by atoms with Gasteiger partial charge in [-0.15, -0.1) is 0 Å². The quantitative estimate of drug-likeness (QED) is 0.509. The number of aliphatic imine (C=N–C) groups is 1. The molecule has 8 heteroatoms. The summed E-state index contributed by atoms with van der Waals surface area (Å²) >= 11 is 0. The molecule has 0 spiro atoms. The molecule has 4 N–H and O–H groups in total. The summed E-state index contributed by atoms with van der Waals surface area (Å²) in [6.07, 6.45) is 0.861. The zero-order chi connectivity index (χ0) is 19.4. The highest BCUT2D eigenvalue weighted by molar-refractivity contribution is 6.10. The first-order valence-electron chi connectivity index (χ1n) is 8.63. The van der Waals surface area contributed by atoms with Crippen molar-refractivity contribution >= 4 is 23.9 Å². The lowest BCUT2D eigenvalue weighted by molar-refractivity contribution is 0.0995. The second kappa shape index (κ2) is 7.96. The number of nitrogens with zero attached hydrogens (tertiary/aromatic N) is 3. The molecule has 1 aliphatic rings. The van der Waals surface area contributed by atoms with Crippen molar-refractivity contribution in [2.24, 2.45) is 10.7 Å². The van der Waals surface area contributed by atoms with Gasteiger partial charge in [0.05, 0.1) is 13.2 Å². The van der Waals surface area contributed by atoms with Gasteiger partial charge in [-0.05, 0) is 49.4 Å². The van der Waals surface area contributed by atoms with Crippen molar-refractivity contribution in [1.29, 1.82) is 5.41 Å². The summed E-state index contributed by atoms with van der Waals surface area (Å²) in [6.45, 7) is 3.51. The fourth-order valence-electron chi connectivity index (χ4n) is 3.09. The van der Waals surface area contributed by atoms with E-state index < -0.39 is 0 Å². The molecule has 0 atom stereocenters. The van der Waals surface area contributed by atoms with Crippen LogP contribution in [0.3, 0.4) is 0 Å². The lowest BCUT2D eigenvalue weighted by Crippen LogP contribution is -2.25. The van der Waals surface area contributed by atoms with Crippen LogP contribution < -0.4 is 20.7 Å². The Balaban J connectivity index is 1.99. The highest BCUT2D eigenvalue weighted by Gasteiger charge is 2.32. The van der Waals surface area contributed by atoms with Crippen molar-refractivity contribution in [2.45, 2.75) is 20.0 Å². The number of ether oxygens (including phenoxy) is 1. The van der Waals surface area contributed by atoms with Crippen molar-refractivity contribution in [2.75, 3.05) is 18.6 Å². The lowest BCUT2D eigenvalue weighted by Gasteiger charge is -2.15. The van der Waals surface area contributed by atoms with Gasteiger partial charge in [0.25, 0.3) is 5.91 Å². The number of carbonyl (C=O) groups is 1. The van der Waals surface area contributed by atoms with E-state index in [-0.39, 0.29) is 11.7 Å². The minimum absolute atomic E-state index is 0.129. The average Bonchev–Trinajstić information content (AvgIpc) is 3.00. The van der Waals surface area contributed by atoms with Crippen LogP contribution in [0.2, 0.25) is 0 Å². The van der Waals surface area contributed by atoms with Gasteiger partial charge < -0.3 is 15.8 Å². The van der Waals surface area contributed by atoms with Crippen LogP contribution in [-0.2, 0) is 13.1 Å². The van der Waals surface area contributed by atoms with Crippen molar-refractivity contribution in [1.82, 2.24) is 10.3 Å². The molecule has 2 aromatic rings. The van der Waals surface area contributed by atoms with E-state index in [1.165, 1.54) is 0 Å². The normalized spacial score (nSPS) is 13.6. The maximum Gasteiger partial charge on any atom is 0.260 e. The monoisotopic (exact) mass is 366 g/mol. The second-order valence-corrected chi connectivity index (χ2v) is 5.99. The standard InChI is InChI=1S/C19H22N6O2/c1-3-27-13-7-12(9-22-2)15-10-25(19(26)14(15)8-13)17-6-4-5-16(24-17)18(21)23-11-20/h4-8,11,22H,3,9-10H2,1-2H3,(H3,20,21,23). The third-order valence-corrected chi connectivity index (χ3v) is 4.26. The minimum Gasteiger partial charge on any atom is -0.494 e. The summed E-state index contributed by atoms with van der Waals surface area (Å²) in [5, 5.41) is 10.2. The van der Waals surface area contributed by atoms with Crippen LogP contribution in [0.1, 0.15) is 34.1 Å². The maximum atomic E-state index is 13.0. The summed E-state index contributed by atoms with van der Waals surface area (Å²) in [4.78, 5) is 22.8. The first kappa shape index (κ1) is 18.5. The third kappa shape index (κ3) is 3.65. The molecule has 0 unspecified atom stereocenters. The van der Waals surface area contributed by atoms with Crippen LogP contribution in [0.25, 0.3) is 0 Å². The highest BCUT2D eigenvalue weighted by Crippen LogP contribution is 2.33. The number of aromatic nitrogens is 1. The van der Waals surface area contributed by atoms with Gasteiger partial charge in [-0.1, -0.05) is 6.07 Å². The van der Waals surface area contributed by atoms with Crippen molar-refractivity contribution in [3.63, 3.8) is 0 Å². The lowest BCUT2D eigenvalue weighted by atomic mass is 10.0. The molecule has 0 radical (unpaired) electrons. The highest BCUT2D eigenvalue weighted by atomic mass is 16.5. The van der Waals surface area contributed by atoms with E-state index in [1.807, 2.05) is 20.0 Å². The molecule has 0 bridgehead atoms. The molecule has 27 heavy (non-hydrogen) atoms. The van der Waals surface area contributed by atoms with Gasteiger partial charge in [-0.3, -0.25) is 15.1 Å². The topological polar surface area (TPSA) is 117 Å². The maximum absolute atomic E-state index is 13.0. The van der Waals surface area contributed by atoms with Gasteiger partial charge >= 0.3 is 0 Å². The molecule has 0 aliphatic carbocycles. The van der Waals surface area contributed by atoms with Crippen molar-refractivity contribution < 1.29 is 9.53 Å². The smallest absolute Gasteiger partial charge is 0.260 e. The molecule has 8 nitrogen and oxygen atoms in total. The van der Waals surface area contributed by atoms with Crippen LogP contribution in [0.4, 0.5) is 5.82 Å². The summed E-state index contributed by atoms with van der Waals surface area (Å²) in [6, 6.07) is 8.97. The molecule has 1 aromatic carbocycles. The summed E-state index contributed by atoms with van der Waals surface area (Å²) in [5.41, 5.74) is 8.85. The zero-order valence-corrected chi connectivity index (χ0v) is 15.3. The number of carbonyl (C=O) groups excluding carboxylic acids is 1. The molecule has 1 aromatic heterocycles. The van der Waals surface area contributed by atoms with Crippen LogP contribution in [0, 0.1) is 5.41 Å². The summed E-state index contributed by atoms with van der Waals surface area (Å²) in [7, 11) is 1.87. The van der Waals surface area contributed by atoms with E-state index in [9.17, 15) is 4.79 Å². The predicted octanol–water partition coefficient (Wildman–Crippen LogP) is 1.67. The Kier molecular flexibility index (Phi) is 5.46. The van der Waals surface area contributed by atoms with E-state index in [1.54, 1.807) is 29.2 Å². The Morgan fingerprint density at radius 1 is 1.48 bits per heavy atom. The Bertz CT molecular complexity index is 909. The van der Waals surface area contributed by atoms with E-state index in [0.29, 0.717) is 42.5 Å². The molecular weight excluding hydrogens is 344 g/mol. The number of nitrogens with two attached hydrogens (primary N) is 1. The number of hydrogen-bond acceptors (Lipinski definition) is 5. The molecule has 1 aliphatic heterocycles. The molecule has 140 valence electrons. The number of pyridine rings is 1. The van der Waals surface area contributed by atoms with Crippen LogP contribution in [0.15, 0.2) is 35.3 Å². The number of hydrogen-bond donors (Lipinski definition) is 3. The number of amidine groups is 1. The number of benzene rings is 1. The Labute approximate surface area is 157 Å². The fraction of sp³-hybridized carbons (Fsp3) is 0.263. The van der Waals surface area contributed by atoms with Gasteiger partial charge in [0.15, 0.2) is 5.84 Å². The molecule has 3 rings (SSSR count). The summed E-state index contributed by atoms with van der Waals surface area (Å²) < 4.78 is 5.62. The molecule has 0 saturated heterocycles. The largest absolute Gasteiger partial charge is 0.494 e. The van der Waals surface area contributed by atoms with Gasteiger partial charge in [-0.25, -0.2) is 9.98 Å². The fourth-order valence-corrected chi connectivity index (χ4v) is 3.09. The Hall–Kier alpha value is -3.26. The zero-order valence-electron chi connectivity index (χ0n) is 15.3. The van der Waals surface area contributed by atoms with Crippen LogP contribution in [-0.4, -0.2) is 36.7 Å². The SMILES string of the molecule is CCOc1cc(CNC)c2c(c1)C(=O)N(c1cccc(C(N)=NC=N)n1)C2. The number of amides is 1. The molecule has 0 saturated carbocycles. The van der Waals surface area contributed by atoms with Crippen molar-refractivity contribution in [3.05, 3.63) is 52.7 Å². The number of rotatable bonds is 7. The van der Waals surface area contributed by atoms with Gasteiger partial charge in [0.2, 0.25) is 0 Å². The second-order valence-electron chi connectivity index (χ2n) is 5.99. The first-order valence-corrected chi connectivity index (χ1v) is 8.63. The predicted molar refractivity (Wildman–Crippen MR) is 105 cm³/mol. The first-order chi connectivity index (χ1) is 13.1. The minimum atomic E-state index is -0.129.